The first-order chi connectivity index (χ1) is 9.19. The lowest BCUT2D eigenvalue weighted by atomic mass is 10.1. The summed E-state index contributed by atoms with van der Waals surface area (Å²) in [5.41, 5.74) is 7.94. The molecule has 4 nitrogen and oxygen atoms in total. The molecule has 0 amide bonds. The molecule has 1 aromatic heterocycles. The maximum atomic E-state index is 12.4. The molecule has 0 spiro atoms. The maximum absolute atomic E-state index is 12.4. The summed E-state index contributed by atoms with van der Waals surface area (Å²) in [7, 11) is 0. The van der Waals surface area contributed by atoms with E-state index in [2.05, 4.69) is 5.10 Å². The highest BCUT2D eigenvalue weighted by molar-refractivity contribution is 6.32. The lowest BCUT2D eigenvalue weighted by molar-refractivity contribution is 0.816. The van der Waals surface area contributed by atoms with Crippen molar-refractivity contribution in [2.45, 2.75) is 26.2 Å². The molecule has 0 saturated carbocycles. The second-order valence-corrected chi connectivity index (χ2v) is 4.81. The van der Waals surface area contributed by atoms with E-state index < -0.39 is 0 Å². The largest absolute Gasteiger partial charge is 0.330 e. The number of nitrogens with two attached hydrogens (primary N) is 1. The summed E-state index contributed by atoms with van der Waals surface area (Å²) < 4.78 is 1.52. The van der Waals surface area contributed by atoms with E-state index in [-0.39, 0.29) is 5.56 Å². The number of aryl methyl sites for hydroxylation is 1. The summed E-state index contributed by atoms with van der Waals surface area (Å²) in [6.07, 6.45) is 2.29. The van der Waals surface area contributed by atoms with Crippen LogP contribution in [0.1, 0.15) is 24.6 Å². The summed E-state index contributed by atoms with van der Waals surface area (Å²) in [5.74, 6) is 0. The van der Waals surface area contributed by atoms with Gasteiger partial charge in [0.05, 0.1) is 10.7 Å². The number of halogens is 1. The topological polar surface area (TPSA) is 63.8 Å². The molecule has 0 fully saturated rings. The van der Waals surface area contributed by atoms with Crippen LogP contribution in [-0.4, -0.2) is 16.3 Å². The van der Waals surface area contributed by atoms with Gasteiger partial charge in [-0.05, 0) is 37.9 Å². The molecule has 0 unspecified atom stereocenters. The number of hydrogen-bond acceptors (Lipinski definition) is 2. The molecular weight excluding hydrogens is 262 g/mol. The van der Waals surface area contributed by atoms with Crippen molar-refractivity contribution in [3.8, 4) is 5.69 Å². The van der Waals surface area contributed by atoms with Crippen molar-refractivity contribution in [2.24, 2.45) is 5.73 Å². The Morgan fingerprint density at radius 2 is 2.11 bits per heavy atom. The number of aromatic amines is 1. The molecule has 5 heteroatoms. The van der Waals surface area contributed by atoms with E-state index in [0.717, 1.165) is 24.1 Å². The van der Waals surface area contributed by atoms with Crippen molar-refractivity contribution in [1.82, 2.24) is 9.78 Å². The molecule has 3 N–H and O–H groups in total. The van der Waals surface area contributed by atoms with Crippen molar-refractivity contribution in [3.63, 3.8) is 0 Å². The smallest absolute Gasteiger partial charge is 0.274 e. The minimum atomic E-state index is -0.0293. The van der Waals surface area contributed by atoms with Gasteiger partial charge in [0.1, 0.15) is 0 Å². The number of H-pyrrole nitrogens is 1. The first-order valence-electron chi connectivity index (χ1n) is 6.46. The number of nitrogens with zero attached hydrogens (tertiary/aromatic N) is 1. The zero-order chi connectivity index (χ0) is 13.8. The Hall–Kier alpha value is -1.52. The minimum absolute atomic E-state index is 0.0293. The Labute approximate surface area is 117 Å². The van der Waals surface area contributed by atoms with Gasteiger partial charge in [0.25, 0.3) is 5.56 Å². The minimum Gasteiger partial charge on any atom is -0.330 e. The van der Waals surface area contributed by atoms with Gasteiger partial charge in [-0.15, -0.1) is 0 Å². The van der Waals surface area contributed by atoms with Crippen molar-refractivity contribution < 1.29 is 0 Å². The fraction of sp³-hybridized carbons (Fsp3) is 0.357. The van der Waals surface area contributed by atoms with Crippen LogP contribution in [0, 0.1) is 0 Å². The van der Waals surface area contributed by atoms with Crippen LogP contribution in [0.5, 0.6) is 0 Å². The summed E-state index contributed by atoms with van der Waals surface area (Å²) >= 11 is 6.14. The molecule has 2 rings (SSSR count). The molecule has 19 heavy (non-hydrogen) atoms. The summed E-state index contributed by atoms with van der Waals surface area (Å²) in [6, 6.07) is 7.30. The average molecular weight is 280 g/mol. The SMILES string of the molecule is CCc1[nH]n(-c2ccccc2Cl)c(=O)c1CCCN. The fourth-order valence-corrected chi connectivity index (χ4v) is 2.37. The summed E-state index contributed by atoms with van der Waals surface area (Å²) in [5, 5.41) is 3.70. The number of aromatic nitrogens is 2. The summed E-state index contributed by atoms with van der Waals surface area (Å²) in [4.78, 5) is 12.4. The molecule has 2 aromatic rings. The van der Waals surface area contributed by atoms with Gasteiger partial charge < -0.3 is 5.73 Å². The standard InChI is InChI=1S/C14H18ClN3O/c1-2-12-10(6-5-9-16)14(19)18(17-12)13-8-4-3-7-11(13)15/h3-4,7-8,17H,2,5-6,9,16H2,1H3. The first kappa shape index (κ1) is 13.9. The monoisotopic (exact) mass is 279 g/mol. The van der Waals surface area contributed by atoms with E-state index in [0.29, 0.717) is 23.7 Å². The Kier molecular flexibility index (Phi) is 4.45. The van der Waals surface area contributed by atoms with E-state index in [1.165, 1.54) is 4.68 Å². The van der Waals surface area contributed by atoms with Crippen LogP contribution in [0.4, 0.5) is 0 Å². The van der Waals surface area contributed by atoms with E-state index in [9.17, 15) is 4.79 Å². The normalized spacial score (nSPS) is 10.9. The van der Waals surface area contributed by atoms with Gasteiger partial charge in [0, 0.05) is 11.3 Å². The molecule has 0 aliphatic heterocycles. The van der Waals surface area contributed by atoms with Crippen LogP contribution in [0.15, 0.2) is 29.1 Å². The van der Waals surface area contributed by atoms with Gasteiger partial charge in [0.2, 0.25) is 0 Å². The average Bonchev–Trinajstić information content (AvgIpc) is 2.73. The molecule has 102 valence electrons. The van der Waals surface area contributed by atoms with E-state index in [1.807, 2.05) is 25.1 Å². The van der Waals surface area contributed by atoms with Crippen molar-refractivity contribution in [3.05, 3.63) is 50.9 Å². The number of benzene rings is 1. The van der Waals surface area contributed by atoms with Crippen molar-refractivity contribution in [2.75, 3.05) is 6.54 Å². The van der Waals surface area contributed by atoms with E-state index in [4.69, 9.17) is 17.3 Å². The first-order valence-corrected chi connectivity index (χ1v) is 6.84. The zero-order valence-corrected chi connectivity index (χ0v) is 11.7. The molecule has 0 aliphatic rings. The zero-order valence-electron chi connectivity index (χ0n) is 10.9. The van der Waals surface area contributed by atoms with Crippen LogP contribution in [-0.2, 0) is 12.8 Å². The van der Waals surface area contributed by atoms with Crippen LogP contribution in [0.2, 0.25) is 5.02 Å². The van der Waals surface area contributed by atoms with Gasteiger partial charge in [-0.2, -0.15) is 0 Å². The highest BCUT2D eigenvalue weighted by atomic mass is 35.5. The van der Waals surface area contributed by atoms with Gasteiger partial charge in [-0.3, -0.25) is 9.89 Å². The van der Waals surface area contributed by atoms with Gasteiger partial charge in [-0.25, -0.2) is 4.68 Å². The predicted molar refractivity (Wildman–Crippen MR) is 78.2 cm³/mol. The van der Waals surface area contributed by atoms with Gasteiger partial charge >= 0.3 is 0 Å². The van der Waals surface area contributed by atoms with Crippen LogP contribution in [0.3, 0.4) is 0 Å². The molecule has 1 aromatic carbocycles. The molecule has 0 aliphatic carbocycles. The van der Waals surface area contributed by atoms with Crippen molar-refractivity contribution >= 4 is 11.6 Å². The lowest BCUT2D eigenvalue weighted by Gasteiger charge is -2.03. The Balaban J connectivity index is 2.51. The van der Waals surface area contributed by atoms with Crippen molar-refractivity contribution in [1.29, 1.82) is 0 Å². The summed E-state index contributed by atoms with van der Waals surface area (Å²) in [6.45, 7) is 2.61. The van der Waals surface area contributed by atoms with Gasteiger partial charge in [0.15, 0.2) is 0 Å². The molecular formula is C14H18ClN3O. The quantitative estimate of drug-likeness (QED) is 0.882. The van der Waals surface area contributed by atoms with E-state index in [1.54, 1.807) is 6.07 Å². The Morgan fingerprint density at radius 1 is 1.37 bits per heavy atom. The molecule has 0 saturated heterocycles. The second kappa shape index (κ2) is 6.08. The van der Waals surface area contributed by atoms with Crippen LogP contribution in [0.25, 0.3) is 5.69 Å². The van der Waals surface area contributed by atoms with E-state index >= 15 is 0 Å². The third kappa shape index (κ3) is 2.74. The fourth-order valence-electron chi connectivity index (χ4n) is 2.15. The third-order valence-corrected chi connectivity index (χ3v) is 3.47. The van der Waals surface area contributed by atoms with Crippen LogP contribution < -0.4 is 11.3 Å². The molecule has 0 bridgehead atoms. The predicted octanol–water partition coefficient (Wildman–Crippen LogP) is 2.27. The number of rotatable bonds is 5. The molecule has 1 heterocycles. The molecule has 0 atom stereocenters. The molecule has 0 radical (unpaired) electrons. The lowest BCUT2D eigenvalue weighted by Crippen LogP contribution is -2.18. The number of para-hydroxylation sites is 1. The second-order valence-electron chi connectivity index (χ2n) is 4.41. The maximum Gasteiger partial charge on any atom is 0.274 e. The highest BCUT2D eigenvalue weighted by Gasteiger charge is 2.14. The Morgan fingerprint density at radius 3 is 2.74 bits per heavy atom. The Bertz CT molecular complexity index is 615. The number of nitrogens with one attached hydrogen (secondary N) is 1. The van der Waals surface area contributed by atoms with Crippen LogP contribution >= 0.6 is 11.6 Å². The third-order valence-electron chi connectivity index (χ3n) is 3.15. The number of hydrogen-bond donors (Lipinski definition) is 2. The van der Waals surface area contributed by atoms with Gasteiger partial charge in [-0.1, -0.05) is 30.7 Å². The highest BCUT2D eigenvalue weighted by Crippen LogP contribution is 2.18.